The van der Waals surface area contributed by atoms with E-state index in [2.05, 4.69) is 29.2 Å². The third-order valence-corrected chi connectivity index (χ3v) is 5.39. The molecule has 24 heavy (non-hydrogen) atoms. The standard InChI is InChI=1S/C19H23NO3S/c1-22-18-10-15-8-9-20(13-16(15)11-19(18)23-2)12-14-4-6-17(7-5-14)24(3)21/h4-7,10-11H,8-9,12-13H2,1-3H3/t24-/m1/s1. The topological polar surface area (TPSA) is 38.8 Å². The minimum absolute atomic E-state index is 0.785. The molecular formula is C19H23NO3S. The Balaban J connectivity index is 1.73. The van der Waals surface area contributed by atoms with Gasteiger partial charge in [-0.2, -0.15) is 0 Å². The molecular weight excluding hydrogens is 322 g/mol. The first kappa shape index (κ1) is 17.0. The molecule has 0 N–H and O–H groups in total. The number of ether oxygens (including phenoxy) is 2. The summed E-state index contributed by atoms with van der Waals surface area (Å²) < 4.78 is 22.3. The first-order chi connectivity index (χ1) is 11.6. The molecule has 0 aromatic heterocycles. The Labute approximate surface area is 145 Å². The molecule has 0 saturated carbocycles. The van der Waals surface area contributed by atoms with E-state index in [-0.39, 0.29) is 0 Å². The number of hydrogen-bond acceptors (Lipinski definition) is 4. The van der Waals surface area contributed by atoms with Gasteiger partial charge in [-0.3, -0.25) is 9.11 Å². The van der Waals surface area contributed by atoms with Crippen LogP contribution in [0.1, 0.15) is 16.7 Å². The van der Waals surface area contributed by atoms with Gasteiger partial charge in [-0.1, -0.05) is 12.1 Å². The Morgan fingerprint density at radius 1 is 1.04 bits per heavy atom. The molecule has 1 atom stereocenters. The Bertz CT molecular complexity index is 743. The van der Waals surface area contributed by atoms with E-state index in [0.29, 0.717) is 0 Å². The monoisotopic (exact) mass is 345 g/mol. The number of hydrogen-bond donors (Lipinski definition) is 0. The van der Waals surface area contributed by atoms with Crippen LogP contribution in [0.3, 0.4) is 0 Å². The van der Waals surface area contributed by atoms with E-state index < -0.39 is 10.8 Å². The van der Waals surface area contributed by atoms with Gasteiger partial charge in [-0.25, -0.2) is 0 Å². The zero-order valence-corrected chi connectivity index (χ0v) is 15.2. The van der Waals surface area contributed by atoms with Crippen molar-refractivity contribution in [3.8, 4) is 11.5 Å². The van der Waals surface area contributed by atoms with Crippen LogP contribution in [0.5, 0.6) is 11.5 Å². The van der Waals surface area contributed by atoms with E-state index in [0.717, 1.165) is 42.4 Å². The predicted molar refractivity (Wildman–Crippen MR) is 96.1 cm³/mol. The summed E-state index contributed by atoms with van der Waals surface area (Å²) in [5.74, 6) is 1.58. The van der Waals surface area contributed by atoms with Crippen molar-refractivity contribution in [1.82, 2.24) is 4.90 Å². The van der Waals surface area contributed by atoms with Crippen LogP contribution in [-0.2, 0) is 30.3 Å². The number of rotatable bonds is 5. The maximum atomic E-state index is 11.5. The summed E-state index contributed by atoms with van der Waals surface area (Å²) >= 11 is 0. The predicted octanol–water partition coefficient (Wildman–Crippen LogP) is 3.00. The maximum Gasteiger partial charge on any atom is 0.161 e. The summed E-state index contributed by atoms with van der Waals surface area (Å²) in [6.07, 6.45) is 2.71. The molecule has 0 fully saturated rings. The van der Waals surface area contributed by atoms with E-state index in [4.69, 9.17) is 9.47 Å². The van der Waals surface area contributed by atoms with Crippen LogP contribution < -0.4 is 9.47 Å². The van der Waals surface area contributed by atoms with Crippen LogP contribution >= 0.6 is 0 Å². The van der Waals surface area contributed by atoms with E-state index in [9.17, 15) is 4.21 Å². The maximum absolute atomic E-state index is 11.5. The van der Waals surface area contributed by atoms with Crippen LogP contribution in [-0.4, -0.2) is 36.1 Å². The summed E-state index contributed by atoms with van der Waals surface area (Å²) in [4.78, 5) is 3.30. The fraction of sp³-hybridized carbons (Fsp3) is 0.368. The highest BCUT2D eigenvalue weighted by Crippen LogP contribution is 2.33. The molecule has 5 heteroatoms. The second-order valence-electron chi connectivity index (χ2n) is 6.03. The normalized spacial score (nSPS) is 15.6. The summed E-state index contributed by atoms with van der Waals surface area (Å²) in [5.41, 5.74) is 3.87. The van der Waals surface area contributed by atoms with Gasteiger partial charge in [0.1, 0.15) is 0 Å². The minimum Gasteiger partial charge on any atom is -0.493 e. The quantitative estimate of drug-likeness (QED) is 0.835. The lowest BCUT2D eigenvalue weighted by atomic mass is 9.98. The zero-order valence-electron chi connectivity index (χ0n) is 14.4. The third kappa shape index (κ3) is 3.62. The van der Waals surface area contributed by atoms with Crippen molar-refractivity contribution in [2.24, 2.45) is 0 Å². The van der Waals surface area contributed by atoms with Gasteiger partial charge in [0.25, 0.3) is 0 Å². The van der Waals surface area contributed by atoms with Gasteiger partial charge in [0.05, 0.1) is 14.2 Å². The van der Waals surface area contributed by atoms with Gasteiger partial charge >= 0.3 is 0 Å². The second kappa shape index (κ2) is 7.36. The van der Waals surface area contributed by atoms with Gasteiger partial charge in [-0.15, -0.1) is 0 Å². The summed E-state index contributed by atoms with van der Waals surface area (Å²) in [6.45, 7) is 2.81. The van der Waals surface area contributed by atoms with Crippen molar-refractivity contribution in [3.63, 3.8) is 0 Å². The molecule has 0 unspecified atom stereocenters. The molecule has 0 bridgehead atoms. The lowest BCUT2D eigenvalue weighted by molar-refractivity contribution is 0.244. The fourth-order valence-electron chi connectivity index (χ4n) is 3.12. The van der Waals surface area contributed by atoms with Crippen LogP contribution in [0.15, 0.2) is 41.3 Å². The van der Waals surface area contributed by atoms with Crippen molar-refractivity contribution >= 4 is 10.8 Å². The molecule has 2 aromatic rings. The van der Waals surface area contributed by atoms with E-state index in [1.165, 1.54) is 16.7 Å². The number of methoxy groups -OCH3 is 2. The van der Waals surface area contributed by atoms with Crippen molar-refractivity contribution in [2.45, 2.75) is 24.4 Å². The van der Waals surface area contributed by atoms with Crippen molar-refractivity contribution in [2.75, 3.05) is 27.0 Å². The Hall–Kier alpha value is -1.85. The molecule has 1 heterocycles. The highest BCUT2D eigenvalue weighted by atomic mass is 32.2. The van der Waals surface area contributed by atoms with Crippen molar-refractivity contribution in [1.29, 1.82) is 0 Å². The lowest BCUT2D eigenvalue weighted by Crippen LogP contribution is -2.30. The van der Waals surface area contributed by atoms with Gasteiger partial charge in [-0.05, 0) is 47.4 Å². The SMILES string of the molecule is COc1cc2c(cc1OC)CN(Cc1ccc([S@@](C)=O)cc1)CC2. The Kier molecular flexibility index (Phi) is 5.21. The molecule has 0 spiro atoms. The minimum atomic E-state index is -0.920. The van der Waals surface area contributed by atoms with Crippen LogP contribution in [0.4, 0.5) is 0 Å². The molecule has 0 aliphatic carbocycles. The Morgan fingerprint density at radius 3 is 2.25 bits per heavy atom. The highest BCUT2D eigenvalue weighted by molar-refractivity contribution is 7.84. The van der Waals surface area contributed by atoms with Gasteiger partial charge < -0.3 is 9.47 Å². The molecule has 128 valence electrons. The molecule has 1 aliphatic heterocycles. The van der Waals surface area contributed by atoms with E-state index >= 15 is 0 Å². The largest absolute Gasteiger partial charge is 0.493 e. The lowest BCUT2D eigenvalue weighted by Gasteiger charge is -2.29. The van der Waals surface area contributed by atoms with E-state index in [1.807, 2.05) is 12.1 Å². The molecule has 3 rings (SSSR count). The summed E-state index contributed by atoms with van der Waals surface area (Å²) in [7, 11) is 2.42. The first-order valence-corrected chi connectivity index (χ1v) is 9.55. The van der Waals surface area contributed by atoms with Crippen molar-refractivity contribution < 1.29 is 13.7 Å². The molecule has 0 saturated heterocycles. The molecule has 0 amide bonds. The molecule has 0 radical (unpaired) electrons. The Morgan fingerprint density at radius 2 is 1.67 bits per heavy atom. The second-order valence-corrected chi connectivity index (χ2v) is 7.41. The van der Waals surface area contributed by atoms with E-state index in [1.54, 1.807) is 20.5 Å². The highest BCUT2D eigenvalue weighted by Gasteiger charge is 2.19. The molecule has 4 nitrogen and oxygen atoms in total. The number of nitrogens with zero attached hydrogens (tertiary/aromatic N) is 1. The van der Waals surface area contributed by atoms with Crippen LogP contribution in [0.25, 0.3) is 0 Å². The van der Waals surface area contributed by atoms with Crippen LogP contribution in [0, 0.1) is 0 Å². The van der Waals surface area contributed by atoms with Crippen LogP contribution in [0.2, 0.25) is 0 Å². The van der Waals surface area contributed by atoms with Gasteiger partial charge in [0.2, 0.25) is 0 Å². The third-order valence-electron chi connectivity index (χ3n) is 4.46. The van der Waals surface area contributed by atoms with Crippen molar-refractivity contribution in [3.05, 3.63) is 53.1 Å². The fourth-order valence-corrected chi connectivity index (χ4v) is 3.64. The average molecular weight is 345 g/mol. The van der Waals surface area contributed by atoms with Gasteiger partial charge in [0, 0.05) is 41.6 Å². The first-order valence-electron chi connectivity index (χ1n) is 7.99. The average Bonchev–Trinajstić information content (AvgIpc) is 2.60. The zero-order chi connectivity index (χ0) is 17.1. The molecule has 2 aromatic carbocycles. The molecule has 1 aliphatic rings. The number of fused-ring (bicyclic) bond motifs is 1. The number of benzene rings is 2. The smallest absolute Gasteiger partial charge is 0.161 e. The van der Waals surface area contributed by atoms with Gasteiger partial charge in [0.15, 0.2) is 11.5 Å². The summed E-state index contributed by atoms with van der Waals surface area (Å²) in [5, 5.41) is 0. The summed E-state index contributed by atoms with van der Waals surface area (Å²) in [6, 6.07) is 12.2.